The zero-order valence-corrected chi connectivity index (χ0v) is 11.0. The summed E-state index contributed by atoms with van der Waals surface area (Å²) in [6.45, 7) is 4.11. The molecule has 0 unspecified atom stereocenters. The van der Waals surface area contributed by atoms with E-state index >= 15 is 0 Å². The minimum absolute atomic E-state index is 0.329. The van der Waals surface area contributed by atoms with Crippen molar-refractivity contribution in [3.63, 3.8) is 0 Å². The highest BCUT2D eigenvalue weighted by molar-refractivity contribution is 6.34. The van der Waals surface area contributed by atoms with Gasteiger partial charge >= 0.3 is 0 Å². The fraction of sp³-hybridized carbons (Fsp3) is 0.231. The second kappa shape index (κ2) is 5.03. The number of halogens is 2. The first-order valence-electron chi connectivity index (χ1n) is 5.28. The molecule has 1 aromatic heterocycles. The van der Waals surface area contributed by atoms with Crippen molar-refractivity contribution < 1.29 is 9.15 Å². The lowest BCUT2D eigenvalue weighted by Crippen LogP contribution is -1.83. The quantitative estimate of drug-likeness (QED) is 0.735. The molecular formula is C13H12Cl2O2. The number of rotatable bonds is 3. The molecule has 1 aromatic carbocycles. The summed E-state index contributed by atoms with van der Waals surface area (Å²) in [5.74, 6) is 2.21. The van der Waals surface area contributed by atoms with Gasteiger partial charge in [-0.05, 0) is 24.3 Å². The van der Waals surface area contributed by atoms with Crippen molar-refractivity contribution in [2.24, 2.45) is 0 Å². The second-order valence-electron chi connectivity index (χ2n) is 4.02. The van der Waals surface area contributed by atoms with E-state index in [-0.39, 0.29) is 0 Å². The lowest BCUT2D eigenvalue weighted by molar-refractivity contribution is 0.327. The summed E-state index contributed by atoms with van der Waals surface area (Å²) in [7, 11) is 0. The van der Waals surface area contributed by atoms with Crippen LogP contribution in [0.4, 0.5) is 0 Å². The van der Waals surface area contributed by atoms with Crippen LogP contribution in [0.3, 0.4) is 0 Å². The molecule has 4 heteroatoms. The van der Waals surface area contributed by atoms with Gasteiger partial charge in [0.15, 0.2) is 0 Å². The van der Waals surface area contributed by atoms with E-state index in [0.717, 1.165) is 5.76 Å². The van der Waals surface area contributed by atoms with Crippen LogP contribution in [0.5, 0.6) is 11.7 Å². The van der Waals surface area contributed by atoms with Crippen LogP contribution in [0.2, 0.25) is 10.0 Å². The van der Waals surface area contributed by atoms with Crippen molar-refractivity contribution >= 4 is 23.2 Å². The Labute approximate surface area is 110 Å². The zero-order valence-electron chi connectivity index (χ0n) is 9.54. The molecule has 0 radical (unpaired) electrons. The molecule has 0 atom stereocenters. The standard InChI is InChI=1S/C13H12Cl2O2/c1-8(2)12-3-4-13(17-12)16-11-6-9(14)5-10(15)7-11/h3-8H,1-2H3. The van der Waals surface area contributed by atoms with Crippen LogP contribution >= 0.6 is 23.2 Å². The number of hydrogen-bond donors (Lipinski definition) is 0. The molecule has 0 aliphatic rings. The minimum Gasteiger partial charge on any atom is -0.430 e. The van der Waals surface area contributed by atoms with Crippen molar-refractivity contribution in [3.05, 3.63) is 46.1 Å². The highest BCUT2D eigenvalue weighted by Crippen LogP contribution is 2.30. The van der Waals surface area contributed by atoms with Gasteiger partial charge in [0.1, 0.15) is 11.5 Å². The summed E-state index contributed by atoms with van der Waals surface area (Å²) in [4.78, 5) is 0. The average molecular weight is 271 g/mol. The van der Waals surface area contributed by atoms with Gasteiger partial charge < -0.3 is 9.15 Å². The molecule has 0 amide bonds. The maximum Gasteiger partial charge on any atom is 0.290 e. The van der Waals surface area contributed by atoms with Crippen LogP contribution in [0.15, 0.2) is 34.7 Å². The van der Waals surface area contributed by atoms with Crippen LogP contribution in [0.1, 0.15) is 25.5 Å². The number of furan rings is 1. The minimum atomic E-state index is 0.329. The van der Waals surface area contributed by atoms with Gasteiger partial charge in [0, 0.05) is 22.0 Å². The molecule has 0 saturated carbocycles. The first-order valence-corrected chi connectivity index (χ1v) is 6.04. The summed E-state index contributed by atoms with van der Waals surface area (Å²) >= 11 is 11.8. The third-order valence-corrected chi connectivity index (χ3v) is 2.66. The summed E-state index contributed by atoms with van der Waals surface area (Å²) in [6.07, 6.45) is 0. The topological polar surface area (TPSA) is 22.4 Å². The van der Waals surface area contributed by atoms with Crippen LogP contribution in [-0.4, -0.2) is 0 Å². The monoisotopic (exact) mass is 270 g/mol. The van der Waals surface area contributed by atoms with Crippen molar-refractivity contribution in [1.82, 2.24) is 0 Å². The lowest BCUT2D eigenvalue weighted by Gasteiger charge is -2.04. The Morgan fingerprint density at radius 3 is 2.24 bits per heavy atom. The molecule has 17 heavy (non-hydrogen) atoms. The summed E-state index contributed by atoms with van der Waals surface area (Å²) in [5.41, 5.74) is 0. The predicted octanol–water partition coefficient (Wildman–Crippen LogP) is 5.50. The van der Waals surface area contributed by atoms with Crippen molar-refractivity contribution in [2.45, 2.75) is 19.8 Å². The summed E-state index contributed by atoms with van der Waals surface area (Å²) in [5, 5.41) is 1.06. The molecule has 2 aromatic rings. The Morgan fingerprint density at radius 1 is 1.06 bits per heavy atom. The second-order valence-corrected chi connectivity index (χ2v) is 4.89. The molecule has 1 heterocycles. The largest absolute Gasteiger partial charge is 0.430 e. The van der Waals surface area contributed by atoms with Gasteiger partial charge in [0.25, 0.3) is 5.95 Å². The summed E-state index contributed by atoms with van der Waals surface area (Å²) in [6, 6.07) is 8.70. The van der Waals surface area contributed by atoms with Gasteiger partial charge in [-0.1, -0.05) is 37.0 Å². The number of benzene rings is 1. The molecule has 2 rings (SSSR count). The molecule has 90 valence electrons. The van der Waals surface area contributed by atoms with Gasteiger partial charge in [0.2, 0.25) is 0 Å². The first-order chi connectivity index (χ1) is 8.04. The van der Waals surface area contributed by atoms with Gasteiger partial charge in [-0.15, -0.1) is 0 Å². The van der Waals surface area contributed by atoms with E-state index in [1.807, 2.05) is 6.07 Å². The van der Waals surface area contributed by atoms with Crippen LogP contribution in [0, 0.1) is 0 Å². The Morgan fingerprint density at radius 2 is 1.71 bits per heavy atom. The molecule has 0 N–H and O–H groups in total. The van der Waals surface area contributed by atoms with Crippen LogP contribution in [0.25, 0.3) is 0 Å². The maximum absolute atomic E-state index is 5.88. The molecule has 0 aliphatic heterocycles. The fourth-order valence-corrected chi connectivity index (χ4v) is 1.91. The fourth-order valence-electron chi connectivity index (χ4n) is 1.40. The third kappa shape index (κ3) is 3.18. The smallest absolute Gasteiger partial charge is 0.290 e. The van der Waals surface area contributed by atoms with Gasteiger partial charge in [0.05, 0.1) is 0 Å². The van der Waals surface area contributed by atoms with E-state index in [1.165, 1.54) is 0 Å². The van der Waals surface area contributed by atoms with Gasteiger partial charge in [-0.2, -0.15) is 0 Å². The van der Waals surface area contributed by atoms with E-state index in [1.54, 1.807) is 24.3 Å². The maximum atomic E-state index is 5.88. The molecular weight excluding hydrogens is 259 g/mol. The van der Waals surface area contributed by atoms with Crippen molar-refractivity contribution in [2.75, 3.05) is 0 Å². The highest BCUT2D eigenvalue weighted by Gasteiger charge is 2.08. The van der Waals surface area contributed by atoms with Gasteiger partial charge in [-0.3, -0.25) is 0 Å². The van der Waals surface area contributed by atoms with Crippen LogP contribution in [-0.2, 0) is 0 Å². The molecule has 0 aliphatic carbocycles. The molecule has 0 bridgehead atoms. The highest BCUT2D eigenvalue weighted by atomic mass is 35.5. The predicted molar refractivity (Wildman–Crippen MR) is 69.3 cm³/mol. The lowest BCUT2D eigenvalue weighted by atomic mass is 10.2. The molecule has 0 spiro atoms. The van der Waals surface area contributed by atoms with Crippen LogP contribution < -0.4 is 4.74 Å². The van der Waals surface area contributed by atoms with E-state index in [0.29, 0.717) is 27.7 Å². The SMILES string of the molecule is CC(C)c1ccc(Oc2cc(Cl)cc(Cl)c2)o1. The Kier molecular flexibility index (Phi) is 3.65. The third-order valence-electron chi connectivity index (χ3n) is 2.23. The van der Waals surface area contributed by atoms with E-state index in [9.17, 15) is 0 Å². The molecule has 0 saturated heterocycles. The van der Waals surface area contributed by atoms with E-state index < -0.39 is 0 Å². The van der Waals surface area contributed by atoms with Crippen molar-refractivity contribution in [3.8, 4) is 11.7 Å². The Hall–Kier alpha value is -1.12. The Balaban J connectivity index is 2.19. The normalized spacial score (nSPS) is 10.9. The summed E-state index contributed by atoms with van der Waals surface area (Å²) < 4.78 is 11.1. The molecule has 0 fully saturated rings. The number of hydrogen-bond acceptors (Lipinski definition) is 2. The van der Waals surface area contributed by atoms with Crippen molar-refractivity contribution in [1.29, 1.82) is 0 Å². The van der Waals surface area contributed by atoms with Gasteiger partial charge in [-0.25, -0.2) is 0 Å². The number of ether oxygens (including phenoxy) is 1. The Bertz CT molecular complexity index is 498. The first kappa shape index (κ1) is 12.3. The average Bonchev–Trinajstić information content (AvgIpc) is 2.64. The van der Waals surface area contributed by atoms with E-state index in [2.05, 4.69) is 13.8 Å². The zero-order chi connectivity index (χ0) is 12.4. The van der Waals surface area contributed by atoms with E-state index in [4.69, 9.17) is 32.4 Å². The molecule has 2 nitrogen and oxygen atoms in total.